The van der Waals surface area contributed by atoms with Crippen LogP contribution < -0.4 is 16.2 Å². The van der Waals surface area contributed by atoms with Crippen LogP contribution in [0.5, 0.6) is 5.75 Å². The highest BCUT2D eigenvalue weighted by molar-refractivity contribution is 5.65. The Labute approximate surface area is 151 Å². The van der Waals surface area contributed by atoms with Gasteiger partial charge in [-0.1, -0.05) is 60.7 Å². The molecule has 0 saturated heterocycles. The highest BCUT2D eigenvalue weighted by atomic mass is 16.5. The fraction of sp³-hybridized carbons (Fsp3) is 0.0455. The Morgan fingerprint density at radius 1 is 0.846 bits per heavy atom. The first-order valence-electron chi connectivity index (χ1n) is 8.30. The smallest absolute Gasteiger partial charge is 0.205 e. The number of allylic oxidation sites excluding steroid dienone is 1. The second-order valence-electron chi connectivity index (χ2n) is 6.21. The number of benzene rings is 3. The Balaban J connectivity index is 1.80. The van der Waals surface area contributed by atoms with Crippen molar-refractivity contribution in [3.63, 3.8) is 0 Å². The van der Waals surface area contributed by atoms with Gasteiger partial charge >= 0.3 is 0 Å². The molecule has 4 N–H and O–H groups in total. The van der Waals surface area contributed by atoms with Crippen LogP contribution in [-0.2, 0) is 0 Å². The van der Waals surface area contributed by atoms with E-state index in [1.165, 1.54) is 0 Å². The van der Waals surface area contributed by atoms with Crippen LogP contribution in [0.2, 0.25) is 0 Å². The summed E-state index contributed by atoms with van der Waals surface area (Å²) in [6.45, 7) is 0. The molecule has 0 fully saturated rings. The third-order valence-electron chi connectivity index (χ3n) is 4.59. The fourth-order valence-electron chi connectivity index (χ4n) is 3.31. The Morgan fingerprint density at radius 3 is 2.23 bits per heavy atom. The third-order valence-corrected chi connectivity index (χ3v) is 4.59. The third kappa shape index (κ3) is 2.66. The van der Waals surface area contributed by atoms with E-state index in [9.17, 15) is 5.26 Å². The van der Waals surface area contributed by atoms with Crippen molar-refractivity contribution in [2.24, 2.45) is 5.73 Å². The maximum Gasteiger partial charge on any atom is 0.205 e. The molecule has 0 saturated carbocycles. The lowest BCUT2D eigenvalue weighted by Crippen LogP contribution is -2.21. The number of ether oxygens (including phenoxy) is 1. The second kappa shape index (κ2) is 6.30. The Morgan fingerprint density at radius 2 is 1.54 bits per heavy atom. The first-order valence-corrected chi connectivity index (χ1v) is 8.30. The van der Waals surface area contributed by atoms with Crippen molar-refractivity contribution in [2.45, 2.75) is 5.92 Å². The lowest BCUT2D eigenvalue weighted by atomic mass is 9.83. The molecule has 26 heavy (non-hydrogen) atoms. The Hall–Kier alpha value is -3.71. The van der Waals surface area contributed by atoms with E-state index in [0.717, 1.165) is 22.3 Å². The van der Waals surface area contributed by atoms with Crippen LogP contribution in [0.3, 0.4) is 0 Å². The van der Waals surface area contributed by atoms with Gasteiger partial charge in [0.1, 0.15) is 17.4 Å². The summed E-state index contributed by atoms with van der Waals surface area (Å²) < 4.78 is 5.62. The molecule has 126 valence electrons. The number of rotatable bonds is 2. The average molecular weight is 339 g/mol. The van der Waals surface area contributed by atoms with Crippen LogP contribution >= 0.6 is 0 Å². The molecule has 1 aliphatic heterocycles. The lowest BCUT2D eigenvalue weighted by molar-refractivity contribution is 0.394. The standard InChI is InChI=1S/C22H17N3O/c23-13-19-21(18-11-10-17(24)12-20(18)26-22(19)25)16-8-6-15(7-9-16)14-4-2-1-3-5-14/h1-12,21H,24-25H2. The van der Waals surface area contributed by atoms with Gasteiger partial charge in [-0.25, -0.2) is 0 Å². The van der Waals surface area contributed by atoms with Gasteiger partial charge in [-0.05, 0) is 22.8 Å². The highest BCUT2D eigenvalue weighted by Crippen LogP contribution is 2.42. The molecule has 3 aromatic rings. The van der Waals surface area contributed by atoms with E-state index in [4.69, 9.17) is 16.2 Å². The summed E-state index contributed by atoms with van der Waals surface area (Å²) in [7, 11) is 0. The molecule has 0 amide bonds. The van der Waals surface area contributed by atoms with Crippen LogP contribution in [0, 0.1) is 11.3 Å². The maximum atomic E-state index is 9.61. The molecule has 0 spiro atoms. The molecule has 1 heterocycles. The molecule has 1 unspecified atom stereocenters. The molecule has 3 aromatic carbocycles. The largest absolute Gasteiger partial charge is 0.440 e. The first-order chi connectivity index (χ1) is 12.7. The molecule has 0 aromatic heterocycles. The minimum absolute atomic E-state index is 0.128. The lowest BCUT2D eigenvalue weighted by Gasteiger charge is -2.26. The van der Waals surface area contributed by atoms with Crippen molar-refractivity contribution in [3.05, 3.63) is 95.4 Å². The summed E-state index contributed by atoms with van der Waals surface area (Å²) in [6, 6.07) is 26.0. The van der Waals surface area contributed by atoms with Crippen LogP contribution in [0.1, 0.15) is 17.0 Å². The second-order valence-corrected chi connectivity index (χ2v) is 6.21. The van der Waals surface area contributed by atoms with E-state index in [1.807, 2.05) is 42.5 Å². The maximum absolute atomic E-state index is 9.61. The summed E-state index contributed by atoms with van der Waals surface area (Å²) in [5.41, 5.74) is 17.0. The van der Waals surface area contributed by atoms with Crippen molar-refractivity contribution in [2.75, 3.05) is 5.73 Å². The SMILES string of the molecule is N#CC1=C(N)Oc2cc(N)ccc2C1c1ccc(-c2ccccc2)cc1. The number of nitriles is 1. The van der Waals surface area contributed by atoms with Gasteiger partial charge in [0, 0.05) is 17.3 Å². The van der Waals surface area contributed by atoms with Crippen molar-refractivity contribution >= 4 is 5.69 Å². The van der Waals surface area contributed by atoms with Crippen LogP contribution in [0.4, 0.5) is 5.69 Å². The quantitative estimate of drug-likeness (QED) is 0.687. The topological polar surface area (TPSA) is 85.1 Å². The van der Waals surface area contributed by atoms with Gasteiger partial charge in [-0.2, -0.15) is 5.26 Å². The molecule has 4 heteroatoms. The number of hydrogen-bond acceptors (Lipinski definition) is 4. The monoisotopic (exact) mass is 339 g/mol. The van der Waals surface area contributed by atoms with E-state index >= 15 is 0 Å². The van der Waals surface area contributed by atoms with E-state index in [0.29, 0.717) is 17.0 Å². The first kappa shape index (κ1) is 15.8. The fourth-order valence-corrected chi connectivity index (χ4v) is 3.31. The van der Waals surface area contributed by atoms with Crippen LogP contribution in [-0.4, -0.2) is 0 Å². The van der Waals surface area contributed by atoms with Crippen molar-refractivity contribution in [1.29, 1.82) is 5.26 Å². The van der Waals surface area contributed by atoms with Gasteiger partial charge in [-0.15, -0.1) is 0 Å². The Kier molecular flexibility index (Phi) is 3.83. The number of nitrogens with zero attached hydrogens (tertiary/aromatic N) is 1. The van der Waals surface area contributed by atoms with E-state index in [2.05, 4.69) is 30.3 Å². The summed E-state index contributed by atoms with van der Waals surface area (Å²) in [6.07, 6.45) is 0. The van der Waals surface area contributed by atoms with E-state index < -0.39 is 0 Å². The van der Waals surface area contributed by atoms with Crippen molar-refractivity contribution < 1.29 is 4.74 Å². The number of hydrogen-bond donors (Lipinski definition) is 2. The molecule has 0 radical (unpaired) electrons. The van der Waals surface area contributed by atoms with Crippen LogP contribution in [0.15, 0.2) is 84.3 Å². The predicted molar refractivity (Wildman–Crippen MR) is 102 cm³/mol. The van der Waals surface area contributed by atoms with Crippen molar-refractivity contribution in [1.82, 2.24) is 0 Å². The highest BCUT2D eigenvalue weighted by Gasteiger charge is 2.30. The van der Waals surface area contributed by atoms with Gasteiger partial charge in [0.05, 0.1) is 5.92 Å². The molecule has 0 aliphatic carbocycles. The summed E-state index contributed by atoms with van der Waals surface area (Å²) >= 11 is 0. The van der Waals surface area contributed by atoms with Crippen LogP contribution in [0.25, 0.3) is 11.1 Å². The molecule has 4 nitrogen and oxygen atoms in total. The summed E-state index contributed by atoms with van der Waals surface area (Å²) in [4.78, 5) is 0. The van der Waals surface area contributed by atoms with Gasteiger partial charge in [0.15, 0.2) is 0 Å². The molecular weight excluding hydrogens is 322 g/mol. The summed E-state index contributed by atoms with van der Waals surface area (Å²) in [5.74, 6) is 0.454. The number of nitrogens with two attached hydrogens (primary N) is 2. The minimum atomic E-state index is -0.269. The minimum Gasteiger partial charge on any atom is -0.440 e. The van der Waals surface area contributed by atoms with Gasteiger partial charge in [0.25, 0.3) is 0 Å². The average Bonchev–Trinajstić information content (AvgIpc) is 2.67. The van der Waals surface area contributed by atoms with E-state index in [-0.39, 0.29) is 11.8 Å². The van der Waals surface area contributed by atoms with Gasteiger partial charge in [0.2, 0.25) is 5.88 Å². The van der Waals surface area contributed by atoms with E-state index in [1.54, 1.807) is 6.07 Å². The summed E-state index contributed by atoms with van der Waals surface area (Å²) in [5, 5.41) is 9.61. The molecule has 0 bridgehead atoms. The zero-order valence-corrected chi connectivity index (χ0v) is 14.0. The molecule has 1 aliphatic rings. The number of nitrogen functional groups attached to an aromatic ring is 1. The number of anilines is 1. The van der Waals surface area contributed by atoms with Crippen molar-refractivity contribution in [3.8, 4) is 22.9 Å². The molecular formula is C22H17N3O. The van der Waals surface area contributed by atoms with Gasteiger partial charge < -0.3 is 16.2 Å². The molecule has 4 rings (SSSR count). The predicted octanol–water partition coefficient (Wildman–Crippen LogP) is 4.15. The zero-order chi connectivity index (χ0) is 18.1. The zero-order valence-electron chi connectivity index (χ0n) is 14.0. The normalized spacial score (nSPS) is 15.7. The molecule has 1 atom stereocenters. The van der Waals surface area contributed by atoms with Gasteiger partial charge in [-0.3, -0.25) is 0 Å². The number of fused-ring (bicyclic) bond motifs is 1. The Bertz CT molecular complexity index is 1030.